The largest absolute Gasteiger partial charge is 0.497 e. The number of halogens is 1. The van der Waals surface area contributed by atoms with Crippen molar-refractivity contribution in [2.45, 2.75) is 0 Å². The van der Waals surface area contributed by atoms with Crippen molar-refractivity contribution in [3.8, 4) is 17.9 Å². The molecule has 0 amide bonds. The highest BCUT2D eigenvalue weighted by molar-refractivity contribution is 5.63. The third-order valence-electron chi connectivity index (χ3n) is 1.74. The summed E-state index contributed by atoms with van der Waals surface area (Å²) < 4.78 is 18.1. The Morgan fingerprint density at radius 3 is 2.60 bits per heavy atom. The number of rotatable bonds is 2. The topological polar surface area (TPSA) is 56.8 Å². The molecule has 0 bridgehead atoms. The highest BCUT2D eigenvalue weighted by Crippen LogP contribution is 2.18. The highest BCUT2D eigenvalue weighted by Gasteiger charge is 2.03. The van der Waals surface area contributed by atoms with E-state index in [4.69, 9.17) is 15.3 Å². The number of allylic oxidation sites excluding steroid dienone is 1. The van der Waals surface area contributed by atoms with Crippen molar-refractivity contribution in [1.82, 2.24) is 0 Å². The third kappa shape index (κ3) is 2.55. The van der Waals surface area contributed by atoms with E-state index in [0.717, 1.165) is 0 Å². The van der Waals surface area contributed by atoms with Gasteiger partial charge in [-0.25, -0.2) is 4.39 Å². The number of nitriles is 2. The van der Waals surface area contributed by atoms with E-state index in [9.17, 15) is 4.39 Å². The summed E-state index contributed by atoms with van der Waals surface area (Å²) in [4.78, 5) is 0. The van der Waals surface area contributed by atoms with Gasteiger partial charge in [0.15, 0.2) is 0 Å². The van der Waals surface area contributed by atoms with E-state index in [1.807, 2.05) is 0 Å². The lowest BCUT2D eigenvalue weighted by molar-refractivity contribution is 0.413. The zero-order valence-corrected chi connectivity index (χ0v) is 7.99. The lowest BCUT2D eigenvalue weighted by Gasteiger charge is -2.01. The van der Waals surface area contributed by atoms with Gasteiger partial charge in [-0.3, -0.25) is 0 Å². The van der Waals surface area contributed by atoms with Gasteiger partial charge < -0.3 is 4.74 Å². The predicted molar refractivity (Wildman–Crippen MR) is 52.2 cm³/mol. The molecule has 15 heavy (non-hydrogen) atoms. The van der Waals surface area contributed by atoms with Crippen molar-refractivity contribution in [3.05, 3.63) is 35.2 Å². The van der Waals surface area contributed by atoms with E-state index in [1.54, 1.807) is 12.1 Å². The molecule has 1 aromatic carbocycles. The lowest BCUT2D eigenvalue weighted by atomic mass is 10.1. The Bertz CT molecular complexity index is 464. The molecule has 0 aliphatic heterocycles. The van der Waals surface area contributed by atoms with Crippen LogP contribution in [0.5, 0.6) is 5.75 Å². The molecule has 0 radical (unpaired) electrons. The fraction of sp³-hybridized carbons (Fsp3) is 0.0909. The molecule has 0 N–H and O–H groups in total. The number of methoxy groups -OCH3 is 1. The fourth-order valence-corrected chi connectivity index (χ4v) is 1.00. The summed E-state index contributed by atoms with van der Waals surface area (Å²) in [5.74, 6) is -0.0309. The monoisotopic (exact) mass is 202 g/mol. The van der Waals surface area contributed by atoms with Gasteiger partial charge in [0, 0.05) is 5.56 Å². The maximum Gasteiger partial charge on any atom is 0.130 e. The molecule has 0 saturated carbocycles. The summed E-state index contributed by atoms with van der Waals surface area (Å²) in [6.45, 7) is 0. The molecule has 0 unspecified atom stereocenters. The molecule has 0 aliphatic carbocycles. The summed E-state index contributed by atoms with van der Waals surface area (Å²) >= 11 is 0. The average molecular weight is 202 g/mol. The molecule has 3 nitrogen and oxygen atoms in total. The van der Waals surface area contributed by atoms with Crippen LogP contribution >= 0.6 is 0 Å². The Labute approximate surface area is 86.6 Å². The number of nitrogens with zero attached hydrogens (tertiary/aromatic N) is 2. The van der Waals surface area contributed by atoms with Crippen LogP contribution in [0, 0.1) is 28.5 Å². The van der Waals surface area contributed by atoms with Crippen molar-refractivity contribution < 1.29 is 9.13 Å². The standard InChI is InChI=1S/C11H7FN2O/c1-15-10-2-3-11(12)9(5-10)4-8(6-13)7-14/h2-5H,1H3. The Morgan fingerprint density at radius 2 is 2.07 bits per heavy atom. The Balaban J connectivity index is 3.21. The highest BCUT2D eigenvalue weighted by atomic mass is 19.1. The molecule has 1 aromatic rings. The van der Waals surface area contributed by atoms with E-state index in [0.29, 0.717) is 5.75 Å². The molecule has 0 spiro atoms. The first-order chi connectivity index (χ1) is 7.21. The molecule has 74 valence electrons. The smallest absolute Gasteiger partial charge is 0.130 e. The Hall–Kier alpha value is -2.33. The zero-order valence-electron chi connectivity index (χ0n) is 7.99. The van der Waals surface area contributed by atoms with Gasteiger partial charge in [-0.2, -0.15) is 10.5 Å². The zero-order chi connectivity index (χ0) is 11.3. The van der Waals surface area contributed by atoms with E-state index in [1.165, 1.54) is 31.4 Å². The van der Waals surface area contributed by atoms with Crippen LogP contribution in [0.2, 0.25) is 0 Å². The van der Waals surface area contributed by atoms with Gasteiger partial charge in [-0.1, -0.05) is 0 Å². The van der Waals surface area contributed by atoms with Crippen LogP contribution in [-0.4, -0.2) is 7.11 Å². The predicted octanol–water partition coefficient (Wildman–Crippen LogP) is 2.26. The second kappa shape index (κ2) is 4.78. The minimum Gasteiger partial charge on any atom is -0.497 e. The van der Waals surface area contributed by atoms with E-state index in [2.05, 4.69) is 0 Å². The van der Waals surface area contributed by atoms with Crippen molar-refractivity contribution in [3.63, 3.8) is 0 Å². The summed E-state index contributed by atoms with van der Waals surface area (Å²) in [6.07, 6.45) is 1.18. The fourth-order valence-electron chi connectivity index (χ4n) is 1.00. The van der Waals surface area contributed by atoms with Crippen molar-refractivity contribution in [1.29, 1.82) is 10.5 Å². The number of hydrogen-bond donors (Lipinski definition) is 0. The van der Waals surface area contributed by atoms with Gasteiger partial charge in [0.05, 0.1) is 7.11 Å². The summed E-state index contributed by atoms with van der Waals surface area (Å²) in [5, 5.41) is 17.0. The van der Waals surface area contributed by atoms with E-state index < -0.39 is 5.82 Å². The normalized spacial score (nSPS) is 8.53. The van der Waals surface area contributed by atoms with Crippen LogP contribution in [0.4, 0.5) is 4.39 Å². The van der Waals surface area contributed by atoms with Gasteiger partial charge in [-0.15, -0.1) is 0 Å². The van der Waals surface area contributed by atoms with Crippen LogP contribution in [0.1, 0.15) is 5.56 Å². The first kappa shape index (κ1) is 10.7. The SMILES string of the molecule is COc1ccc(F)c(C=C(C#N)C#N)c1. The number of benzene rings is 1. The molecule has 0 aromatic heterocycles. The van der Waals surface area contributed by atoms with Crippen molar-refractivity contribution >= 4 is 6.08 Å². The van der Waals surface area contributed by atoms with Crippen LogP contribution in [0.3, 0.4) is 0 Å². The van der Waals surface area contributed by atoms with Crippen LogP contribution < -0.4 is 4.74 Å². The summed E-state index contributed by atoms with van der Waals surface area (Å²) in [7, 11) is 1.45. The second-order valence-corrected chi connectivity index (χ2v) is 2.67. The average Bonchev–Trinajstić information content (AvgIpc) is 2.28. The van der Waals surface area contributed by atoms with Gasteiger partial charge in [0.1, 0.15) is 29.3 Å². The summed E-state index contributed by atoms with van der Waals surface area (Å²) in [6, 6.07) is 7.42. The number of ether oxygens (including phenoxy) is 1. The maximum atomic E-state index is 13.2. The Morgan fingerprint density at radius 1 is 1.40 bits per heavy atom. The molecule has 0 aliphatic rings. The third-order valence-corrected chi connectivity index (χ3v) is 1.74. The molecule has 0 fully saturated rings. The van der Waals surface area contributed by atoms with E-state index in [-0.39, 0.29) is 11.1 Å². The van der Waals surface area contributed by atoms with Crippen LogP contribution in [0.15, 0.2) is 23.8 Å². The van der Waals surface area contributed by atoms with Gasteiger partial charge in [0.2, 0.25) is 0 Å². The van der Waals surface area contributed by atoms with Gasteiger partial charge in [0.25, 0.3) is 0 Å². The van der Waals surface area contributed by atoms with Crippen LogP contribution in [-0.2, 0) is 0 Å². The number of hydrogen-bond acceptors (Lipinski definition) is 3. The van der Waals surface area contributed by atoms with Crippen LogP contribution in [0.25, 0.3) is 6.08 Å². The quantitative estimate of drug-likeness (QED) is 0.691. The first-order valence-electron chi connectivity index (χ1n) is 4.06. The van der Waals surface area contributed by atoms with E-state index >= 15 is 0 Å². The molecular weight excluding hydrogens is 195 g/mol. The summed E-state index contributed by atoms with van der Waals surface area (Å²) in [5.41, 5.74) is 0.00889. The minimum atomic E-state index is -0.501. The van der Waals surface area contributed by atoms with Gasteiger partial charge in [-0.05, 0) is 24.3 Å². The van der Waals surface area contributed by atoms with Crippen molar-refractivity contribution in [2.24, 2.45) is 0 Å². The van der Waals surface area contributed by atoms with Gasteiger partial charge >= 0.3 is 0 Å². The molecular formula is C11H7FN2O. The Kier molecular flexibility index (Phi) is 3.43. The molecule has 1 rings (SSSR count). The molecule has 0 atom stereocenters. The van der Waals surface area contributed by atoms with Crippen molar-refractivity contribution in [2.75, 3.05) is 7.11 Å². The molecule has 4 heteroatoms. The first-order valence-corrected chi connectivity index (χ1v) is 4.06. The second-order valence-electron chi connectivity index (χ2n) is 2.67. The minimum absolute atomic E-state index is 0.151. The maximum absolute atomic E-state index is 13.2. The molecule has 0 saturated heterocycles. The lowest BCUT2D eigenvalue weighted by Crippen LogP contribution is -1.87. The molecule has 0 heterocycles.